The quantitative estimate of drug-likeness (QED) is 0.812. The minimum atomic E-state index is -3.21. The van der Waals surface area contributed by atoms with Crippen LogP contribution in [0.4, 0.5) is 0 Å². The van der Waals surface area contributed by atoms with Crippen LogP contribution in [0.15, 0.2) is 41.3 Å². The molecule has 0 radical (unpaired) electrons. The summed E-state index contributed by atoms with van der Waals surface area (Å²) in [5.41, 5.74) is 0.815. The SMILES string of the molecule is CC(=O)c1ccc(-c2cccc(S(C)(=O)=O)c2)s1. The molecule has 0 aliphatic rings. The van der Waals surface area contributed by atoms with Gasteiger partial charge in [0.2, 0.25) is 0 Å². The summed E-state index contributed by atoms with van der Waals surface area (Å²) in [5, 5.41) is 0. The number of hydrogen-bond acceptors (Lipinski definition) is 4. The van der Waals surface area contributed by atoms with Gasteiger partial charge in [0.1, 0.15) is 0 Å². The lowest BCUT2D eigenvalue weighted by Crippen LogP contribution is -1.96. The fraction of sp³-hybridized carbons (Fsp3) is 0.154. The van der Waals surface area contributed by atoms with Gasteiger partial charge in [-0.15, -0.1) is 11.3 Å². The van der Waals surface area contributed by atoms with Crippen molar-refractivity contribution in [1.29, 1.82) is 0 Å². The molecule has 0 saturated heterocycles. The molecule has 0 aliphatic carbocycles. The van der Waals surface area contributed by atoms with Crippen molar-refractivity contribution < 1.29 is 13.2 Å². The lowest BCUT2D eigenvalue weighted by Gasteiger charge is -2.01. The van der Waals surface area contributed by atoms with E-state index < -0.39 is 9.84 Å². The number of thiophene rings is 1. The van der Waals surface area contributed by atoms with Crippen LogP contribution in [-0.4, -0.2) is 20.5 Å². The van der Waals surface area contributed by atoms with Crippen molar-refractivity contribution in [3.63, 3.8) is 0 Å². The zero-order chi connectivity index (χ0) is 13.3. The van der Waals surface area contributed by atoms with Crippen LogP contribution in [0, 0.1) is 0 Å². The Morgan fingerprint density at radius 1 is 1.17 bits per heavy atom. The van der Waals surface area contributed by atoms with Crippen molar-refractivity contribution >= 4 is 27.0 Å². The predicted molar refractivity (Wildman–Crippen MR) is 72.9 cm³/mol. The van der Waals surface area contributed by atoms with Crippen molar-refractivity contribution in [2.75, 3.05) is 6.26 Å². The predicted octanol–water partition coefficient (Wildman–Crippen LogP) is 3.02. The van der Waals surface area contributed by atoms with E-state index in [1.54, 1.807) is 24.3 Å². The van der Waals surface area contributed by atoms with Crippen LogP contribution in [-0.2, 0) is 9.84 Å². The van der Waals surface area contributed by atoms with Gasteiger partial charge in [0, 0.05) is 11.1 Å². The fourth-order valence-corrected chi connectivity index (χ4v) is 3.13. The van der Waals surface area contributed by atoms with Crippen LogP contribution < -0.4 is 0 Å². The van der Waals surface area contributed by atoms with E-state index in [0.717, 1.165) is 10.4 Å². The summed E-state index contributed by atoms with van der Waals surface area (Å²) >= 11 is 1.37. The van der Waals surface area contributed by atoms with Crippen LogP contribution in [0.5, 0.6) is 0 Å². The number of carbonyl (C=O) groups is 1. The largest absolute Gasteiger partial charge is 0.294 e. The zero-order valence-electron chi connectivity index (χ0n) is 10.0. The van der Waals surface area contributed by atoms with Gasteiger partial charge in [0.15, 0.2) is 15.6 Å². The summed E-state index contributed by atoms with van der Waals surface area (Å²) < 4.78 is 23.0. The molecule has 0 aliphatic heterocycles. The van der Waals surface area contributed by atoms with Gasteiger partial charge in [0.05, 0.1) is 9.77 Å². The van der Waals surface area contributed by atoms with Gasteiger partial charge in [0.25, 0.3) is 0 Å². The topological polar surface area (TPSA) is 51.2 Å². The number of carbonyl (C=O) groups excluding carboxylic acids is 1. The number of ketones is 1. The molecule has 0 atom stereocenters. The third-order valence-electron chi connectivity index (χ3n) is 2.50. The van der Waals surface area contributed by atoms with E-state index in [0.29, 0.717) is 4.88 Å². The van der Waals surface area contributed by atoms with E-state index in [-0.39, 0.29) is 10.7 Å². The maximum atomic E-state index is 11.5. The molecule has 5 heteroatoms. The van der Waals surface area contributed by atoms with Crippen molar-refractivity contribution in [2.24, 2.45) is 0 Å². The highest BCUT2D eigenvalue weighted by Gasteiger charge is 2.10. The van der Waals surface area contributed by atoms with E-state index in [9.17, 15) is 13.2 Å². The molecule has 1 aromatic carbocycles. The Morgan fingerprint density at radius 2 is 1.89 bits per heavy atom. The molecule has 1 aromatic heterocycles. The molecular weight excluding hydrogens is 268 g/mol. The number of rotatable bonds is 3. The Morgan fingerprint density at radius 3 is 2.44 bits per heavy atom. The lowest BCUT2D eigenvalue weighted by molar-refractivity contribution is 0.102. The standard InChI is InChI=1S/C13H12O3S2/c1-9(14)12-6-7-13(17-12)10-4-3-5-11(8-10)18(2,15)16/h3-8H,1-2H3. The van der Waals surface area contributed by atoms with Gasteiger partial charge in [-0.3, -0.25) is 4.79 Å². The average Bonchev–Trinajstić information content (AvgIpc) is 2.77. The number of sulfone groups is 1. The second-order valence-corrected chi connectivity index (χ2v) is 7.12. The van der Waals surface area contributed by atoms with Crippen LogP contribution in [0.3, 0.4) is 0 Å². The summed E-state index contributed by atoms with van der Waals surface area (Å²) in [5.74, 6) is 0.0190. The highest BCUT2D eigenvalue weighted by molar-refractivity contribution is 7.90. The monoisotopic (exact) mass is 280 g/mol. The van der Waals surface area contributed by atoms with Gasteiger partial charge < -0.3 is 0 Å². The fourth-order valence-electron chi connectivity index (χ4n) is 1.56. The first kappa shape index (κ1) is 13.0. The third kappa shape index (κ3) is 2.68. The van der Waals surface area contributed by atoms with Gasteiger partial charge in [-0.25, -0.2) is 8.42 Å². The molecule has 0 bridgehead atoms. The molecule has 1 heterocycles. The average molecular weight is 280 g/mol. The molecule has 0 fully saturated rings. The van der Waals surface area contributed by atoms with E-state index in [1.165, 1.54) is 24.5 Å². The normalized spacial score (nSPS) is 11.4. The molecule has 2 aromatic rings. The molecule has 0 spiro atoms. The van der Waals surface area contributed by atoms with Gasteiger partial charge in [-0.05, 0) is 36.8 Å². The van der Waals surface area contributed by atoms with Gasteiger partial charge in [-0.1, -0.05) is 12.1 Å². The molecule has 3 nitrogen and oxygen atoms in total. The Labute approximate surface area is 110 Å². The number of benzene rings is 1. The molecular formula is C13H12O3S2. The minimum absolute atomic E-state index is 0.0190. The van der Waals surface area contributed by atoms with Crippen LogP contribution >= 0.6 is 11.3 Å². The van der Waals surface area contributed by atoms with Crippen molar-refractivity contribution in [1.82, 2.24) is 0 Å². The minimum Gasteiger partial charge on any atom is -0.294 e. The highest BCUT2D eigenvalue weighted by Crippen LogP contribution is 2.29. The van der Waals surface area contributed by atoms with Crippen LogP contribution in [0.1, 0.15) is 16.6 Å². The second kappa shape index (κ2) is 4.66. The number of hydrogen-bond donors (Lipinski definition) is 0. The Hall–Kier alpha value is -1.46. The first-order valence-corrected chi connectivity index (χ1v) is 8.00. The Bertz CT molecular complexity index is 697. The van der Waals surface area contributed by atoms with Gasteiger partial charge in [-0.2, -0.15) is 0 Å². The van der Waals surface area contributed by atoms with E-state index in [1.807, 2.05) is 12.1 Å². The Kier molecular flexibility index (Phi) is 3.36. The summed E-state index contributed by atoms with van der Waals surface area (Å²) in [6, 6.07) is 10.3. The molecule has 94 valence electrons. The van der Waals surface area contributed by atoms with Gasteiger partial charge >= 0.3 is 0 Å². The molecule has 0 unspecified atom stereocenters. The van der Waals surface area contributed by atoms with Crippen molar-refractivity contribution in [2.45, 2.75) is 11.8 Å². The summed E-state index contributed by atoms with van der Waals surface area (Å²) in [4.78, 5) is 13.1. The molecule has 0 saturated carbocycles. The van der Waals surface area contributed by atoms with E-state index in [2.05, 4.69) is 0 Å². The number of Topliss-reactive ketones (excluding diaryl/α,β-unsaturated/α-hetero) is 1. The van der Waals surface area contributed by atoms with Crippen molar-refractivity contribution in [3.05, 3.63) is 41.3 Å². The van der Waals surface area contributed by atoms with E-state index >= 15 is 0 Å². The van der Waals surface area contributed by atoms with Crippen molar-refractivity contribution in [3.8, 4) is 10.4 Å². The molecule has 0 N–H and O–H groups in total. The first-order valence-electron chi connectivity index (χ1n) is 5.29. The molecule has 18 heavy (non-hydrogen) atoms. The lowest BCUT2D eigenvalue weighted by atomic mass is 10.2. The summed E-state index contributed by atoms with van der Waals surface area (Å²) in [6.45, 7) is 1.52. The highest BCUT2D eigenvalue weighted by atomic mass is 32.2. The third-order valence-corrected chi connectivity index (χ3v) is 4.85. The Balaban J connectivity index is 2.48. The zero-order valence-corrected chi connectivity index (χ0v) is 11.6. The van der Waals surface area contributed by atoms with E-state index in [4.69, 9.17) is 0 Å². The maximum absolute atomic E-state index is 11.5. The smallest absolute Gasteiger partial charge is 0.175 e. The summed E-state index contributed by atoms with van der Waals surface area (Å²) in [6.07, 6.45) is 1.18. The molecule has 0 amide bonds. The molecule has 2 rings (SSSR count). The van der Waals surface area contributed by atoms with Crippen LogP contribution in [0.25, 0.3) is 10.4 Å². The first-order chi connectivity index (χ1) is 8.38. The summed E-state index contributed by atoms with van der Waals surface area (Å²) in [7, 11) is -3.21. The maximum Gasteiger partial charge on any atom is 0.175 e. The van der Waals surface area contributed by atoms with Crippen LogP contribution in [0.2, 0.25) is 0 Å². The second-order valence-electron chi connectivity index (χ2n) is 4.02.